The van der Waals surface area contributed by atoms with Crippen molar-refractivity contribution in [3.63, 3.8) is 0 Å². The third-order valence-corrected chi connectivity index (χ3v) is 8.10. The van der Waals surface area contributed by atoms with E-state index in [-0.39, 0.29) is 30.1 Å². The van der Waals surface area contributed by atoms with Gasteiger partial charge in [0.15, 0.2) is 5.71 Å². The fraction of sp³-hybridized carbons (Fsp3) is 0.355. The lowest BCUT2D eigenvalue weighted by Gasteiger charge is -2.40. The number of amides is 1. The summed E-state index contributed by atoms with van der Waals surface area (Å²) in [4.78, 5) is 23.1. The van der Waals surface area contributed by atoms with Crippen molar-refractivity contribution in [3.8, 4) is 16.9 Å². The van der Waals surface area contributed by atoms with E-state index < -0.39 is 12.1 Å². The van der Waals surface area contributed by atoms with Crippen LogP contribution < -0.4 is 4.74 Å². The van der Waals surface area contributed by atoms with Crippen LogP contribution in [-0.2, 0) is 16.2 Å². The van der Waals surface area contributed by atoms with Gasteiger partial charge in [-0.15, -0.1) is 0 Å². The first-order chi connectivity index (χ1) is 19.4. The summed E-state index contributed by atoms with van der Waals surface area (Å²) in [6.07, 6.45) is 2.37. The fourth-order valence-electron chi connectivity index (χ4n) is 5.10. The predicted molar refractivity (Wildman–Crippen MR) is 151 cm³/mol. The molecule has 0 aromatic heterocycles. The maximum absolute atomic E-state index is 13.9. The van der Waals surface area contributed by atoms with Crippen molar-refractivity contribution in [1.29, 1.82) is 0 Å². The summed E-state index contributed by atoms with van der Waals surface area (Å²) in [6, 6.07) is 16.7. The molecule has 1 saturated heterocycles. The summed E-state index contributed by atoms with van der Waals surface area (Å²) in [5.41, 5.74) is 4.04. The molecule has 40 heavy (non-hydrogen) atoms. The molecule has 2 fully saturated rings. The molecule has 0 radical (unpaired) electrons. The van der Waals surface area contributed by atoms with Gasteiger partial charge in [-0.05, 0) is 79.4 Å². The van der Waals surface area contributed by atoms with Gasteiger partial charge in [0.25, 0.3) is 5.91 Å². The SMILES string of the molecule is CN(C(=O)C1=NOCc2cc(-c3ccc(F)cc3)ccc21)C(CN1CCC1)[C@H](O)c1ccc(OC2CC2)c(Cl)c1. The Morgan fingerprint density at radius 3 is 2.58 bits per heavy atom. The van der Waals surface area contributed by atoms with E-state index in [0.717, 1.165) is 49.0 Å². The molecule has 1 aliphatic carbocycles. The number of fused-ring (bicyclic) bond motifs is 1. The van der Waals surface area contributed by atoms with Crippen molar-refractivity contribution in [1.82, 2.24) is 9.80 Å². The average Bonchev–Trinajstić information content (AvgIpc) is 3.76. The Morgan fingerprint density at radius 2 is 1.90 bits per heavy atom. The second-order valence-electron chi connectivity index (χ2n) is 10.7. The van der Waals surface area contributed by atoms with Gasteiger partial charge in [0.2, 0.25) is 0 Å². The van der Waals surface area contributed by atoms with Gasteiger partial charge < -0.3 is 24.5 Å². The highest BCUT2D eigenvalue weighted by Gasteiger charge is 2.35. The Hall–Kier alpha value is -3.46. The summed E-state index contributed by atoms with van der Waals surface area (Å²) in [5, 5.41) is 16.1. The van der Waals surface area contributed by atoms with Crippen LogP contribution in [0, 0.1) is 5.82 Å². The number of aliphatic hydroxyl groups excluding tert-OH is 1. The minimum Gasteiger partial charge on any atom is -0.489 e. The maximum atomic E-state index is 13.9. The lowest BCUT2D eigenvalue weighted by molar-refractivity contribution is -0.128. The number of hydrogen-bond acceptors (Lipinski definition) is 6. The molecule has 0 bridgehead atoms. The number of nitrogens with zero attached hydrogens (tertiary/aromatic N) is 3. The number of rotatable bonds is 9. The number of aliphatic hydroxyl groups is 1. The van der Waals surface area contributed by atoms with Crippen LogP contribution in [0.15, 0.2) is 65.8 Å². The molecular weight excluding hydrogens is 533 g/mol. The highest BCUT2D eigenvalue weighted by Crippen LogP contribution is 2.35. The van der Waals surface area contributed by atoms with Crippen LogP contribution in [0.4, 0.5) is 4.39 Å². The zero-order valence-electron chi connectivity index (χ0n) is 22.2. The van der Waals surface area contributed by atoms with Crippen molar-refractivity contribution in [3.05, 3.63) is 88.2 Å². The first kappa shape index (κ1) is 26.7. The molecule has 7 nitrogen and oxygen atoms in total. The number of ether oxygens (including phenoxy) is 1. The molecule has 0 spiro atoms. The number of carbonyl (C=O) groups excluding carboxylic acids is 1. The van der Waals surface area contributed by atoms with Crippen LogP contribution >= 0.6 is 11.6 Å². The Morgan fingerprint density at radius 1 is 1.15 bits per heavy atom. The van der Waals surface area contributed by atoms with Gasteiger partial charge in [0, 0.05) is 24.7 Å². The molecule has 3 aliphatic rings. The van der Waals surface area contributed by atoms with E-state index in [2.05, 4.69) is 10.1 Å². The van der Waals surface area contributed by atoms with Gasteiger partial charge >= 0.3 is 0 Å². The van der Waals surface area contributed by atoms with E-state index in [1.807, 2.05) is 24.3 Å². The van der Waals surface area contributed by atoms with Gasteiger partial charge in [0.05, 0.1) is 17.2 Å². The summed E-state index contributed by atoms with van der Waals surface area (Å²) >= 11 is 6.50. The first-order valence-corrected chi connectivity index (χ1v) is 14.0. The smallest absolute Gasteiger partial charge is 0.276 e. The third-order valence-electron chi connectivity index (χ3n) is 7.81. The first-order valence-electron chi connectivity index (χ1n) is 13.6. The number of benzene rings is 3. The van der Waals surface area contributed by atoms with Crippen LogP contribution in [0.2, 0.25) is 5.02 Å². The summed E-state index contributed by atoms with van der Waals surface area (Å²) in [7, 11) is 1.69. The van der Waals surface area contributed by atoms with Crippen LogP contribution in [0.3, 0.4) is 0 Å². The number of carbonyl (C=O) groups is 1. The van der Waals surface area contributed by atoms with E-state index in [4.69, 9.17) is 21.2 Å². The standard InChI is InChI=1S/C31H31ClFN3O4/c1-35(27(17-36-13-2-14-36)30(37)21-6-12-28(26(32)16-21)40-24-9-10-24)31(38)29-25-11-5-20(15-22(25)18-39-34-29)19-3-7-23(33)8-4-19/h3-8,11-12,15-16,24,27,30,37H,2,9-10,13-14,17-18H2,1H3/t27?,30-/m1/s1. The van der Waals surface area contributed by atoms with Gasteiger partial charge in [0.1, 0.15) is 24.3 Å². The molecule has 3 aromatic rings. The quantitative estimate of drug-likeness (QED) is 0.388. The topological polar surface area (TPSA) is 74.6 Å². The zero-order valence-corrected chi connectivity index (χ0v) is 23.0. The molecule has 2 heterocycles. The largest absolute Gasteiger partial charge is 0.489 e. The highest BCUT2D eigenvalue weighted by molar-refractivity contribution is 6.45. The van der Waals surface area contributed by atoms with Crippen LogP contribution in [0.1, 0.15) is 42.1 Å². The summed E-state index contributed by atoms with van der Waals surface area (Å²) in [5.74, 6) is -0.0399. The molecular formula is C31H31ClFN3O4. The molecule has 6 rings (SSSR count). The van der Waals surface area contributed by atoms with Gasteiger partial charge in [-0.3, -0.25) is 4.79 Å². The van der Waals surface area contributed by atoms with Crippen molar-refractivity contribution in [2.75, 3.05) is 26.7 Å². The van der Waals surface area contributed by atoms with Gasteiger partial charge in [-0.1, -0.05) is 47.1 Å². The molecule has 1 amide bonds. The minimum absolute atomic E-state index is 0.182. The van der Waals surface area contributed by atoms with E-state index in [1.165, 1.54) is 12.1 Å². The third kappa shape index (κ3) is 5.57. The van der Waals surface area contributed by atoms with E-state index in [9.17, 15) is 14.3 Å². The average molecular weight is 564 g/mol. The van der Waals surface area contributed by atoms with E-state index in [1.54, 1.807) is 36.2 Å². The molecule has 9 heteroatoms. The number of likely N-dealkylation sites (tertiary alicyclic amines) is 1. The second-order valence-corrected chi connectivity index (χ2v) is 11.1. The molecule has 3 aromatic carbocycles. The number of oxime groups is 1. The molecule has 2 atom stereocenters. The molecule has 1 N–H and O–H groups in total. The predicted octanol–water partition coefficient (Wildman–Crippen LogP) is 5.19. The lowest BCUT2D eigenvalue weighted by atomic mass is 9.95. The Kier molecular flexibility index (Phi) is 7.49. The van der Waals surface area contributed by atoms with Crippen LogP contribution in [0.5, 0.6) is 5.75 Å². The molecule has 2 aliphatic heterocycles. The van der Waals surface area contributed by atoms with Crippen molar-refractivity contribution >= 4 is 23.2 Å². The summed E-state index contributed by atoms with van der Waals surface area (Å²) < 4.78 is 19.3. The van der Waals surface area contributed by atoms with E-state index >= 15 is 0 Å². The summed E-state index contributed by atoms with van der Waals surface area (Å²) in [6.45, 7) is 2.56. The van der Waals surface area contributed by atoms with Gasteiger partial charge in [-0.2, -0.15) is 0 Å². The van der Waals surface area contributed by atoms with Crippen LogP contribution in [0.25, 0.3) is 11.1 Å². The normalized spacial score (nSPS) is 18.1. The molecule has 208 valence electrons. The van der Waals surface area contributed by atoms with Gasteiger partial charge in [-0.25, -0.2) is 4.39 Å². The van der Waals surface area contributed by atoms with Crippen molar-refractivity contribution < 1.29 is 23.9 Å². The number of halogens is 2. The minimum atomic E-state index is -0.979. The maximum Gasteiger partial charge on any atom is 0.276 e. The fourth-order valence-corrected chi connectivity index (χ4v) is 5.33. The Balaban J connectivity index is 1.24. The lowest BCUT2D eigenvalue weighted by Crippen LogP contribution is -2.53. The molecule has 1 saturated carbocycles. The van der Waals surface area contributed by atoms with E-state index in [0.29, 0.717) is 28.4 Å². The number of hydrogen-bond donors (Lipinski definition) is 1. The Bertz CT molecular complexity index is 1440. The molecule has 1 unspecified atom stereocenters. The Labute approximate surface area is 237 Å². The zero-order chi connectivity index (χ0) is 27.8. The van der Waals surface area contributed by atoms with Crippen LogP contribution in [-0.4, -0.2) is 65.4 Å². The van der Waals surface area contributed by atoms with Crippen molar-refractivity contribution in [2.24, 2.45) is 5.16 Å². The highest BCUT2D eigenvalue weighted by atomic mass is 35.5. The second kappa shape index (κ2) is 11.2. The number of likely N-dealkylation sites (N-methyl/N-ethyl adjacent to an activating group) is 1. The monoisotopic (exact) mass is 563 g/mol. The van der Waals surface area contributed by atoms with Crippen molar-refractivity contribution in [2.45, 2.75) is 44.1 Å².